The maximum absolute atomic E-state index is 12.6. The number of aromatic nitrogens is 3. The number of ether oxygens (including phenoxy) is 1. The van der Waals surface area contributed by atoms with Gasteiger partial charge in [0.15, 0.2) is 5.16 Å². The fourth-order valence-electron chi connectivity index (χ4n) is 2.63. The Hall–Kier alpha value is -2.35. The molecular weight excluding hydrogens is 376 g/mol. The molecule has 2 aromatic rings. The second kappa shape index (κ2) is 10.3. The predicted octanol–water partition coefficient (Wildman–Crippen LogP) is 3.28. The predicted molar refractivity (Wildman–Crippen MR) is 110 cm³/mol. The molecule has 7 nitrogen and oxygen atoms in total. The first kappa shape index (κ1) is 21.9. The number of rotatable bonds is 9. The van der Waals surface area contributed by atoms with E-state index in [4.69, 9.17) is 4.74 Å². The Labute approximate surface area is 170 Å². The lowest BCUT2D eigenvalue weighted by molar-refractivity contribution is -0.149. The number of carbonyl (C=O) groups excluding carboxylic acids is 2. The van der Waals surface area contributed by atoms with E-state index in [-0.39, 0.29) is 24.2 Å². The molecule has 0 bridgehead atoms. The standard InChI is InChI=1S/C20H28N4O3S/c1-6-27-19(26)11-23(15(4)5)18(25)12-28-20-22-21-13-24(20)17-9-7-16(8-10-17)14(2)3/h7-10,13-15H,6,11-12H2,1-5H3. The molecule has 1 aromatic heterocycles. The first-order valence-electron chi connectivity index (χ1n) is 9.41. The summed E-state index contributed by atoms with van der Waals surface area (Å²) < 4.78 is 6.81. The minimum atomic E-state index is -0.400. The molecule has 0 fully saturated rings. The summed E-state index contributed by atoms with van der Waals surface area (Å²) in [5.74, 6) is 0.0870. The zero-order chi connectivity index (χ0) is 20.7. The van der Waals surface area contributed by atoms with E-state index in [1.165, 1.54) is 22.2 Å². The van der Waals surface area contributed by atoms with E-state index in [9.17, 15) is 9.59 Å². The van der Waals surface area contributed by atoms with Crippen molar-refractivity contribution in [1.29, 1.82) is 0 Å². The van der Waals surface area contributed by atoms with Crippen molar-refractivity contribution in [2.75, 3.05) is 18.9 Å². The molecule has 0 radical (unpaired) electrons. The molecule has 1 heterocycles. The Balaban J connectivity index is 2.05. The van der Waals surface area contributed by atoms with Crippen LogP contribution in [-0.2, 0) is 14.3 Å². The van der Waals surface area contributed by atoms with Crippen LogP contribution in [0.5, 0.6) is 0 Å². The number of benzene rings is 1. The summed E-state index contributed by atoms with van der Waals surface area (Å²) in [7, 11) is 0. The highest BCUT2D eigenvalue weighted by molar-refractivity contribution is 7.99. The summed E-state index contributed by atoms with van der Waals surface area (Å²) >= 11 is 1.30. The highest BCUT2D eigenvalue weighted by Crippen LogP contribution is 2.22. The first-order chi connectivity index (χ1) is 13.3. The SMILES string of the molecule is CCOC(=O)CN(C(=O)CSc1nncn1-c1ccc(C(C)C)cc1)C(C)C. The van der Waals surface area contributed by atoms with Crippen molar-refractivity contribution in [2.45, 2.75) is 51.7 Å². The van der Waals surface area contributed by atoms with Crippen molar-refractivity contribution < 1.29 is 14.3 Å². The maximum atomic E-state index is 12.6. The second-order valence-electron chi connectivity index (χ2n) is 6.94. The second-order valence-corrected chi connectivity index (χ2v) is 7.88. The third kappa shape index (κ3) is 5.82. The number of esters is 1. The van der Waals surface area contributed by atoms with Gasteiger partial charge in [0.25, 0.3) is 0 Å². The first-order valence-corrected chi connectivity index (χ1v) is 10.4. The van der Waals surface area contributed by atoms with Gasteiger partial charge in [0, 0.05) is 11.7 Å². The van der Waals surface area contributed by atoms with Gasteiger partial charge in [-0.1, -0.05) is 37.7 Å². The average molecular weight is 405 g/mol. The molecule has 0 saturated carbocycles. The smallest absolute Gasteiger partial charge is 0.325 e. The van der Waals surface area contributed by atoms with Crippen molar-refractivity contribution in [1.82, 2.24) is 19.7 Å². The van der Waals surface area contributed by atoms with E-state index in [2.05, 4.69) is 36.2 Å². The van der Waals surface area contributed by atoms with E-state index in [1.54, 1.807) is 13.3 Å². The normalized spacial score (nSPS) is 11.1. The van der Waals surface area contributed by atoms with Crippen LogP contribution < -0.4 is 0 Å². The summed E-state index contributed by atoms with van der Waals surface area (Å²) in [6.45, 7) is 10.0. The number of hydrogen-bond donors (Lipinski definition) is 0. The van der Waals surface area contributed by atoms with Gasteiger partial charge in [-0.15, -0.1) is 10.2 Å². The summed E-state index contributed by atoms with van der Waals surface area (Å²) in [6.07, 6.45) is 1.63. The van der Waals surface area contributed by atoms with Gasteiger partial charge in [-0.05, 0) is 44.4 Å². The highest BCUT2D eigenvalue weighted by Gasteiger charge is 2.22. The molecule has 2 rings (SSSR count). The molecule has 0 aliphatic carbocycles. The molecule has 0 aliphatic rings. The molecule has 1 aromatic carbocycles. The Bertz CT molecular complexity index is 787. The van der Waals surface area contributed by atoms with Crippen LogP contribution in [0.15, 0.2) is 35.7 Å². The lowest BCUT2D eigenvalue weighted by Gasteiger charge is -2.25. The third-order valence-corrected chi connectivity index (χ3v) is 5.16. The summed E-state index contributed by atoms with van der Waals surface area (Å²) in [4.78, 5) is 25.9. The molecule has 0 spiro atoms. The van der Waals surface area contributed by atoms with Gasteiger partial charge in [-0.2, -0.15) is 0 Å². The molecule has 152 valence electrons. The van der Waals surface area contributed by atoms with E-state index in [0.717, 1.165) is 5.69 Å². The van der Waals surface area contributed by atoms with Crippen molar-refractivity contribution in [3.8, 4) is 5.69 Å². The Morgan fingerprint density at radius 2 is 1.86 bits per heavy atom. The quantitative estimate of drug-likeness (QED) is 0.471. The molecule has 0 N–H and O–H groups in total. The van der Waals surface area contributed by atoms with E-state index >= 15 is 0 Å². The topological polar surface area (TPSA) is 77.3 Å². The fraction of sp³-hybridized carbons (Fsp3) is 0.500. The average Bonchev–Trinajstić information content (AvgIpc) is 3.12. The van der Waals surface area contributed by atoms with Gasteiger partial charge in [-0.3, -0.25) is 14.2 Å². The van der Waals surface area contributed by atoms with Crippen molar-refractivity contribution >= 4 is 23.6 Å². The lowest BCUT2D eigenvalue weighted by Crippen LogP contribution is -2.42. The number of amides is 1. The van der Waals surface area contributed by atoms with Crippen LogP contribution in [0.1, 0.15) is 46.1 Å². The molecule has 0 aliphatic heterocycles. The van der Waals surface area contributed by atoms with Gasteiger partial charge in [0.1, 0.15) is 12.9 Å². The van der Waals surface area contributed by atoms with E-state index in [0.29, 0.717) is 17.7 Å². The lowest BCUT2D eigenvalue weighted by atomic mass is 10.0. The molecular formula is C20H28N4O3S. The van der Waals surface area contributed by atoms with Gasteiger partial charge in [-0.25, -0.2) is 0 Å². The number of nitrogens with zero attached hydrogens (tertiary/aromatic N) is 4. The molecule has 0 unspecified atom stereocenters. The van der Waals surface area contributed by atoms with Crippen LogP contribution in [0.3, 0.4) is 0 Å². The van der Waals surface area contributed by atoms with Crippen LogP contribution >= 0.6 is 11.8 Å². The number of hydrogen-bond acceptors (Lipinski definition) is 6. The number of carbonyl (C=O) groups is 2. The molecule has 1 amide bonds. The van der Waals surface area contributed by atoms with Gasteiger partial charge >= 0.3 is 5.97 Å². The summed E-state index contributed by atoms with van der Waals surface area (Å²) in [5, 5.41) is 8.74. The maximum Gasteiger partial charge on any atom is 0.325 e. The van der Waals surface area contributed by atoms with Gasteiger partial charge < -0.3 is 9.64 Å². The summed E-state index contributed by atoms with van der Waals surface area (Å²) in [5.41, 5.74) is 2.20. The minimum Gasteiger partial charge on any atom is -0.465 e. The van der Waals surface area contributed by atoms with Crippen LogP contribution in [-0.4, -0.2) is 56.5 Å². The zero-order valence-corrected chi connectivity index (χ0v) is 17.9. The highest BCUT2D eigenvalue weighted by atomic mass is 32.2. The Morgan fingerprint density at radius 3 is 2.43 bits per heavy atom. The molecule has 0 atom stereocenters. The minimum absolute atomic E-state index is 0.0474. The monoisotopic (exact) mass is 404 g/mol. The third-order valence-electron chi connectivity index (χ3n) is 4.23. The Kier molecular flexibility index (Phi) is 8.04. The van der Waals surface area contributed by atoms with Crippen molar-refractivity contribution in [3.63, 3.8) is 0 Å². The van der Waals surface area contributed by atoms with Gasteiger partial charge in [0.05, 0.1) is 12.4 Å². The number of thioether (sulfide) groups is 1. The van der Waals surface area contributed by atoms with Crippen molar-refractivity contribution in [2.24, 2.45) is 0 Å². The zero-order valence-electron chi connectivity index (χ0n) is 17.1. The van der Waals surface area contributed by atoms with Crippen LogP contribution in [0.25, 0.3) is 5.69 Å². The van der Waals surface area contributed by atoms with E-state index < -0.39 is 5.97 Å². The molecule has 28 heavy (non-hydrogen) atoms. The summed E-state index contributed by atoms with van der Waals surface area (Å²) in [6, 6.07) is 8.11. The molecule has 0 saturated heterocycles. The van der Waals surface area contributed by atoms with Gasteiger partial charge in [0.2, 0.25) is 5.91 Å². The molecule has 8 heteroatoms. The van der Waals surface area contributed by atoms with Crippen LogP contribution in [0, 0.1) is 0 Å². The van der Waals surface area contributed by atoms with Crippen LogP contribution in [0.4, 0.5) is 0 Å². The van der Waals surface area contributed by atoms with Crippen molar-refractivity contribution in [3.05, 3.63) is 36.2 Å². The Morgan fingerprint density at radius 1 is 1.18 bits per heavy atom. The van der Waals surface area contributed by atoms with Crippen LogP contribution in [0.2, 0.25) is 0 Å². The largest absolute Gasteiger partial charge is 0.465 e. The van der Waals surface area contributed by atoms with E-state index in [1.807, 2.05) is 30.5 Å². The fourth-order valence-corrected chi connectivity index (χ4v) is 3.45.